The zero-order valence-corrected chi connectivity index (χ0v) is 9.59. The van der Waals surface area contributed by atoms with Crippen LogP contribution in [0.4, 0.5) is 5.82 Å². The lowest BCUT2D eigenvalue weighted by Crippen LogP contribution is -2.02. The SMILES string of the molecule is N#Cc1cccc(CNc2cccc(C#N)n2)c1. The van der Waals surface area contributed by atoms with Crippen LogP contribution in [0.5, 0.6) is 0 Å². The Bertz CT molecular complexity index is 577. The largest absolute Gasteiger partial charge is 0.366 e. The van der Waals surface area contributed by atoms with E-state index < -0.39 is 0 Å². The van der Waals surface area contributed by atoms with Crippen LogP contribution in [0.3, 0.4) is 0 Å². The highest BCUT2D eigenvalue weighted by atomic mass is 15.0. The second-order valence-electron chi connectivity index (χ2n) is 3.69. The van der Waals surface area contributed by atoms with Gasteiger partial charge < -0.3 is 5.32 Å². The Hall–Kier alpha value is -2.85. The number of rotatable bonds is 3. The van der Waals surface area contributed by atoms with Crippen molar-refractivity contribution >= 4 is 5.82 Å². The third-order valence-electron chi connectivity index (χ3n) is 2.39. The minimum atomic E-state index is 0.380. The van der Waals surface area contributed by atoms with Crippen molar-refractivity contribution in [1.82, 2.24) is 4.98 Å². The van der Waals surface area contributed by atoms with E-state index >= 15 is 0 Å². The minimum absolute atomic E-state index is 0.380. The van der Waals surface area contributed by atoms with Crippen LogP contribution >= 0.6 is 0 Å². The van der Waals surface area contributed by atoms with E-state index in [9.17, 15) is 0 Å². The number of nitriles is 2. The highest BCUT2D eigenvalue weighted by Crippen LogP contribution is 2.08. The molecule has 0 aliphatic carbocycles. The van der Waals surface area contributed by atoms with E-state index in [0.717, 1.165) is 5.56 Å². The number of benzene rings is 1. The summed E-state index contributed by atoms with van der Waals surface area (Å²) in [7, 11) is 0. The number of aromatic nitrogens is 1. The molecule has 0 aliphatic rings. The number of anilines is 1. The quantitative estimate of drug-likeness (QED) is 0.885. The maximum atomic E-state index is 8.80. The first kappa shape index (κ1) is 11.6. The molecule has 1 aromatic heterocycles. The standard InChI is InChI=1S/C14H10N4/c15-8-11-3-1-4-12(7-11)10-17-14-6-2-5-13(9-16)18-14/h1-7H,10H2,(H,17,18). The maximum absolute atomic E-state index is 8.80. The van der Waals surface area contributed by atoms with Gasteiger partial charge >= 0.3 is 0 Å². The van der Waals surface area contributed by atoms with Gasteiger partial charge in [0.1, 0.15) is 17.6 Å². The fourth-order valence-corrected chi connectivity index (χ4v) is 1.54. The summed E-state index contributed by atoms with van der Waals surface area (Å²) in [5.74, 6) is 0.649. The zero-order chi connectivity index (χ0) is 12.8. The number of nitrogens with one attached hydrogen (secondary N) is 1. The predicted octanol–water partition coefficient (Wildman–Crippen LogP) is 2.44. The first-order chi connectivity index (χ1) is 8.81. The molecule has 0 aliphatic heterocycles. The Morgan fingerprint density at radius 2 is 1.89 bits per heavy atom. The summed E-state index contributed by atoms with van der Waals surface area (Å²) in [4.78, 5) is 4.11. The Labute approximate surface area is 105 Å². The van der Waals surface area contributed by atoms with Gasteiger partial charge in [0.25, 0.3) is 0 Å². The van der Waals surface area contributed by atoms with Crippen LogP contribution in [-0.4, -0.2) is 4.98 Å². The van der Waals surface area contributed by atoms with Gasteiger partial charge in [-0.05, 0) is 29.8 Å². The molecule has 86 valence electrons. The average Bonchev–Trinajstić information content (AvgIpc) is 2.45. The van der Waals surface area contributed by atoms with Crippen LogP contribution in [0.2, 0.25) is 0 Å². The van der Waals surface area contributed by atoms with E-state index in [2.05, 4.69) is 16.4 Å². The van der Waals surface area contributed by atoms with E-state index in [0.29, 0.717) is 23.6 Å². The van der Waals surface area contributed by atoms with Gasteiger partial charge in [-0.1, -0.05) is 18.2 Å². The molecule has 2 aromatic rings. The monoisotopic (exact) mass is 234 g/mol. The summed E-state index contributed by atoms with van der Waals surface area (Å²) < 4.78 is 0. The van der Waals surface area contributed by atoms with Gasteiger partial charge in [0, 0.05) is 6.54 Å². The second kappa shape index (κ2) is 5.47. The molecule has 0 bridgehead atoms. The molecule has 0 saturated heterocycles. The van der Waals surface area contributed by atoms with Crippen molar-refractivity contribution in [3.8, 4) is 12.1 Å². The number of hydrogen-bond donors (Lipinski definition) is 1. The fourth-order valence-electron chi connectivity index (χ4n) is 1.54. The van der Waals surface area contributed by atoms with E-state index in [1.165, 1.54) is 0 Å². The molecule has 4 heteroatoms. The van der Waals surface area contributed by atoms with Crippen LogP contribution in [0.1, 0.15) is 16.8 Å². The molecule has 1 heterocycles. The lowest BCUT2D eigenvalue weighted by Gasteiger charge is -2.05. The Morgan fingerprint density at radius 3 is 2.67 bits per heavy atom. The minimum Gasteiger partial charge on any atom is -0.366 e. The van der Waals surface area contributed by atoms with Gasteiger partial charge in [0.15, 0.2) is 0 Å². The van der Waals surface area contributed by atoms with Gasteiger partial charge in [0.05, 0.1) is 11.6 Å². The highest BCUT2D eigenvalue weighted by Gasteiger charge is 1.98. The third kappa shape index (κ3) is 2.84. The van der Waals surface area contributed by atoms with Gasteiger partial charge in [-0.15, -0.1) is 0 Å². The summed E-state index contributed by atoms with van der Waals surface area (Å²) in [5.41, 5.74) is 2.01. The second-order valence-corrected chi connectivity index (χ2v) is 3.69. The summed E-state index contributed by atoms with van der Waals surface area (Å²) >= 11 is 0. The molecular formula is C14H10N4. The normalized spacial score (nSPS) is 9.22. The smallest absolute Gasteiger partial charge is 0.142 e. The zero-order valence-electron chi connectivity index (χ0n) is 9.59. The number of pyridine rings is 1. The number of hydrogen-bond acceptors (Lipinski definition) is 4. The van der Waals surface area contributed by atoms with Crippen molar-refractivity contribution in [2.75, 3.05) is 5.32 Å². The van der Waals surface area contributed by atoms with Crippen LogP contribution in [0, 0.1) is 22.7 Å². The Balaban J connectivity index is 2.07. The lowest BCUT2D eigenvalue weighted by molar-refractivity contribution is 1.10. The Kier molecular flexibility index (Phi) is 3.53. The predicted molar refractivity (Wildman–Crippen MR) is 67.4 cm³/mol. The van der Waals surface area contributed by atoms with Crippen LogP contribution in [0.25, 0.3) is 0 Å². The summed E-state index contributed by atoms with van der Waals surface area (Å²) in [5, 5.41) is 20.7. The molecule has 0 fully saturated rings. The molecule has 4 nitrogen and oxygen atoms in total. The first-order valence-corrected chi connectivity index (χ1v) is 5.42. The molecule has 2 rings (SSSR count). The molecule has 0 unspecified atom stereocenters. The van der Waals surface area contributed by atoms with Crippen LogP contribution in [-0.2, 0) is 6.54 Å². The molecule has 18 heavy (non-hydrogen) atoms. The Morgan fingerprint density at radius 1 is 1.06 bits per heavy atom. The van der Waals surface area contributed by atoms with E-state index in [1.807, 2.05) is 24.3 Å². The third-order valence-corrected chi connectivity index (χ3v) is 2.39. The molecular weight excluding hydrogens is 224 g/mol. The topological polar surface area (TPSA) is 72.5 Å². The van der Waals surface area contributed by atoms with Gasteiger partial charge in [-0.25, -0.2) is 4.98 Å². The van der Waals surface area contributed by atoms with E-state index in [1.54, 1.807) is 24.3 Å². The lowest BCUT2D eigenvalue weighted by atomic mass is 10.1. The molecule has 0 amide bonds. The summed E-state index contributed by atoms with van der Waals surface area (Å²) in [6.45, 7) is 0.567. The molecule has 0 saturated carbocycles. The first-order valence-electron chi connectivity index (χ1n) is 5.42. The van der Waals surface area contributed by atoms with Crippen LogP contribution < -0.4 is 5.32 Å². The molecule has 0 atom stereocenters. The van der Waals surface area contributed by atoms with Crippen molar-refractivity contribution in [2.45, 2.75) is 6.54 Å². The van der Waals surface area contributed by atoms with Crippen molar-refractivity contribution < 1.29 is 0 Å². The van der Waals surface area contributed by atoms with Crippen molar-refractivity contribution in [1.29, 1.82) is 10.5 Å². The van der Waals surface area contributed by atoms with Gasteiger partial charge in [-0.2, -0.15) is 10.5 Å². The maximum Gasteiger partial charge on any atom is 0.142 e. The van der Waals surface area contributed by atoms with Crippen LogP contribution in [0.15, 0.2) is 42.5 Å². The molecule has 1 aromatic carbocycles. The summed E-state index contributed by atoms with van der Waals surface area (Å²) in [6.07, 6.45) is 0. The molecule has 0 radical (unpaired) electrons. The van der Waals surface area contributed by atoms with Gasteiger partial charge in [-0.3, -0.25) is 0 Å². The van der Waals surface area contributed by atoms with Crippen molar-refractivity contribution in [3.05, 3.63) is 59.3 Å². The molecule has 0 spiro atoms. The van der Waals surface area contributed by atoms with Crippen molar-refractivity contribution in [3.63, 3.8) is 0 Å². The highest BCUT2D eigenvalue weighted by molar-refractivity contribution is 5.40. The molecule has 1 N–H and O–H groups in total. The summed E-state index contributed by atoms with van der Waals surface area (Å²) in [6, 6.07) is 16.7. The number of nitrogens with zero attached hydrogens (tertiary/aromatic N) is 3. The van der Waals surface area contributed by atoms with E-state index in [-0.39, 0.29) is 0 Å². The fraction of sp³-hybridized carbons (Fsp3) is 0.0714. The average molecular weight is 234 g/mol. The van der Waals surface area contributed by atoms with Crippen molar-refractivity contribution in [2.24, 2.45) is 0 Å². The van der Waals surface area contributed by atoms with E-state index in [4.69, 9.17) is 10.5 Å². The van der Waals surface area contributed by atoms with Gasteiger partial charge in [0.2, 0.25) is 0 Å².